The van der Waals surface area contributed by atoms with E-state index in [1.165, 1.54) is 10.8 Å². The fourth-order valence-electron chi connectivity index (χ4n) is 2.18. The summed E-state index contributed by atoms with van der Waals surface area (Å²) in [6.45, 7) is 10.9. The number of benzene rings is 2. The SMILES string of the molecule is CC(C)(C)C(C)(C)C(=O)NCc1cccc2ccccc12. The highest BCUT2D eigenvalue weighted by Crippen LogP contribution is 2.38. The Morgan fingerprint density at radius 2 is 1.57 bits per heavy atom. The lowest BCUT2D eigenvalue weighted by atomic mass is 9.68. The summed E-state index contributed by atoms with van der Waals surface area (Å²) < 4.78 is 0. The Labute approximate surface area is 127 Å². The minimum Gasteiger partial charge on any atom is -0.352 e. The number of fused-ring (bicyclic) bond motifs is 1. The van der Waals surface area contributed by atoms with Crippen molar-refractivity contribution < 1.29 is 4.79 Å². The molecule has 0 aliphatic carbocycles. The molecule has 0 saturated heterocycles. The van der Waals surface area contributed by atoms with Crippen LogP contribution in [0, 0.1) is 10.8 Å². The molecule has 0 atom stereocenters. The van der Waals surface area contributed by atoms with Gasteiger partial charge in [0.25, 0.3) is 0 Å². The van der Waals surface area contributed by atoms with E-state index in [1.807, 2.05) is 32.0 Å². The Hall–Kier alpha value is -1.83. The van der Waals surface area contributed by atoms with Gasteiger partial charge in [0.2, 0.25) is 5.91 Å². The van der Waals surface area contributed by atoms with Gasteiger partial charge in [0.1, 0.15) is 0 Å². The molecule has 2 rings (SSSR count). The predicted molar refractivity (Wildman–Crippen MR) is 89.0 cm³/mol. The van der Waals surface area contributed by atoms with E-state index in [2.05, 4.69) is 50.4 Å². The number of amides is 1. The van der Waals surface area contributed by atoms with E-state index in [4.69, 9.17) is 0 Å². The summed E-state index contributed by atoms with van der Waals surface area (Å²) in [5, 5.41) is 5.51. The maximum Gasteiger partial charge on any atom is 0.226 e. The quantitative estimate of drug-likeness (QED) is 0.881. The van der Waals surface area contributed by atoms with E-state index in [0.29, 0.717) is 6.54 Å². The van der Waals surface area contributed by atoms with Crippen molar-refractivity contribution >= 4 is 16.7 Å². The van der Waals surface area contributed by atoms with Gasteiger partial charge in [-0.2, -0.15) is 0 Å². The molecule has 0 saturated carbocycles. The molecule has 0 aliphatic heterocycles. The number of carbonyl (C=O) groups is 1. The summed E-state index contributed by atoms with van der Waals surface area (Å²) in [6.07, 6.45) is 0. The van der Waals surface area contributed by atoms with E-state index < -0.39 is 5.41 Å². The Morgan fingerprint density at radius 1 is 0.952 bits per heavy atom. The fraction of sp³-hybridized carbons (Fsp3) is 0.421. The molecule has 0 aromatic heterocycles. The zero-order valence-corrected chi connectivity index (χ0v) is 13.7. The molecular weight excluding hydrogens is 258 g/mol. The minimum atomic E-state index is -0.405. The molecule has 0 spiro atoms. The van der Waals surface area contributed by atoms with Gasteiger partial charge in [0.15, 0.2) is 0 Å². The topological polar surface area (TPSA) is 29.1 Å². The predicted octanol–water partition coefficient (Wildman–Crippen LogP) is 4.53. The van der Waals surface area contributed by atoms with Crippen LogP contribution < -0.4 is 5.32 Å². The van der Waals surface area contributed by atoms with E-state index >= 15 is 0 Å². The van der Waals surface area contributed by atoms with Crippen molar-refractivity contribution in [3.05, 3.63) is 48.0 Å². The van der Waals surface area contributed by atoms with Crippen LogP contribution in [0.25, 0.3) is 10.8 Å². The maximum absolute atomic E-state index is 12.5. The van der Waals surface area contributed by atoms with Crippen LogP contribution >= 0.6 is 0 Å². The molecule has 2 aromatic carbocycles. The molecule has 0 fully saturated rings. The summed E-state index contributed by atoms with van der Waals surface area (Å²) in [5.41, 5.74) is 0.680. The lowest BCUT2D eigenvalue weighted by molar-refractivity contribution is -0.134. The third-order valence-electron chi connectivity index (χ3n) is 4.76. The van der Waals surface area contributed by atoms with Crippen molar-refractivity contribution in [3.8, 4) is 0 Å². The van der Waals surface area contributed by atoms with Crippen molar-refractivity contribution in [1.29, 1.82) is 0 Å². The van der Waals surface area contributed by atoms with Crippen molar-refractivity contribution in [3.63, 3.8) is 0 Å². The molecule has 0 aliphatic rings. The zero-order chi connectivity index (χ0) is 15.7. The average molecular weight is 283 g/mol. The maximum atomic E-state index is 12.5. The summed E-state index contributed by atoms with van der Waals surface area (Å²) in [7, 11) is 0. The first-order valence-corrected chi connectivity index (χ1v) is 7.48. The third kappa shape index (κ3) is 3.10. The molecule has 1 amide bonds. The standard InChI is InChI=1S/C19H25NO/c1-18(2,3)19(4,5)17(21)20-13-15-11-8-10-14-9-6-7-12-16(14)15/h6-12H,13H2,1-5H3,(H,20,21). The molecule has 0 unspecified atom stereocenters. The molecule has 0 heterocycles. The average Bonchev–Trinajstić information content (AvgIpc) is 2.43. The smallest absolute Gasteiger partial charge is 0.226 e. The normalized spacial score (nSPS) is 12.4. The van der Waals surface area contributed by atoms with Crippen LogP contribution in [0.1, 0.15) is 40.2 Å². The Morgan fingerprint density at radius 3 is 2.24 bits per heavy atom. The van der Waals surface area contributed by atoms with Crippen LogP contribution in [0.2, 0.25) is 0 Å². The van der Waals surface area contributed by atoms with Crippen molar-refractivity contribution in [2.45, 2.75) is 41.2 Å². The van der Waals surface area contributed by atoms with Crippen LogP contribution in [-0.4, -0.2) is 5.91 Å². The highest BCUT2D eigenvalue weighted by atomic mass is 16.2. The molecule has 1 N–H and O–H groups in total. The largest absolute Gasteiger partial charge is 0.352 e. The second-order valence-corrected chi connectivity index (χ2v) is 7.20. The summed E-state index contributed by atoms with van der Waals surface area (Å²) in [5.74, 6) is 0.0999. The molecule has 2 nitrogen and oxygen atoms in total. The Balaban J connectivity index is 2.18. The highest BCUT2D eigenvalue weighted by Gasteiger charge is 2.39. The summed E-state index contributed by atoms with van der Waals surface area (Å²) in [4.78, 5) is 12.5. The van der Waals surface area contributed by atoms with Crippen LogP contribution in [0.4, 0.5) is 0 Å². The number of rotatable bonds is 3. The first kappa shape index (κ1) is 15.6. The minimum absolute atomic E-state index is 0.0736. The molecule has 2 aromatic rings. The van der Waals surface area contributed by atoms with Crippen molar-refractivity contribution in [1.82, 2.24) is 5.32 Å². The summed E-state index contributed by atoms with van der Waals surface area (Å²) >= 11 is 0. The van der Waals surface area contributed by atoms with Gasteiger partial charge in [-0.3, -0.25) is 4.79 Å². The van der Waals surface area contributed by atoms with Crippen molar-refractivity contribution in [2.75, 3.05) is 0 Å². The van der Waals surface area contributed by atoms with E-state index in [9.17, 15) is 4.79 Å². The Kier molecular flexibility index (Phi) is 4.08. The van der Waals surface area contributed by atoms with Gasteiger partial charge in [-0.25, -0.2) is 0 Å². The van der Waals surface area contributed by atoms with Crippen LogP contribution in [0.15, 0.2) is 42.5 Å². The molecule has 0 bridgehead atoms. The Bertz CT molecular complexity index is 645. The molecule has 112 valence electrons. The first-order valence-electron chi connectivity index (χ1n) is 7.48. The van der Waals surface area contributed by atoms with E-state index in [1.54, 1.807) is 0 Å². The number of hydrogen-bond donors (Lipinski definition) is 1. The number of carbonyl (C=O) groups excluding carboxylic acids is 1. The van der Waals surface area contributed by atoms with Gasteiger partial charge in [0.05, 0.1) is 0 Å². The lowest BCUT2D eigenvalue weighted by Crippen LogP contribution is -2.44. The number of hydrogen-bond acceptors (Lipinski definition) is 1. The van der Waals surface area contributed by atoms with Gasteiger partial charge < -0.3 is 5.32 Å². The lowest BCUT2D eigenvalue weighted by Gasteiger charge is -2.37. The summed E-state index contributed by atoms with van der Waals surface area (Å²) in [6, 6.07) is 14.5. The zero-order valence-electron chi connectivity index (χ0n) is 13.7. The molecule has 21 heavy (non-hydrogen) atoms. The van der Waals surface area contributed by atoms with Crippen LogP contribution in [0.5, 0.6) is 0 Å². The van der Waals surface area contributed by atoms with Gasteiger partial charge in [-0.1, -0.05) is 77.1 Å². The van der Waals surface area contributed by atoms with E-state index in [0.717, 1.165) is 5.56 Å². The first-order chi connectivity index (χ1) is 9.73. The van der Waals surface area contributed by atoms with Crippen LogP contribution in [0.3, 0.4) is 0 Å². The molecule has 2 heteroatoms. The van der Waals surface area contributed by atoms with Gasteiger partial charge in [-0.05, 0) is 21.8 Å². The van der Waals surface area contributed by atoms with Crippen LogP contribution in [-0.2, 0) is 11.3 Å². The number of nitrogens with one attached hydrogen (secondary N) is 1. The third-order valence-corrected chi connectivity index (χ3v) is 4.76. The monoisotopic (exact) mass is 283 g/mol. The second kappa shape index (κ2) is 5.51. The molecule has 0 radical (unpaired) electrons. The van der Waals surface area contributed by atoms with Gasteiger partial charge in [0, 0.05) is 12.0 Å². The van der Waals surface area contributed by atoms with Gasteiger partial charge >= 0.3 is 0 Å². The van der Waals surface area contributed by atoms with E-state index in [-0.39, 0.29) is 11.3 Å². The second-order valence-electron chi connectivity index (χ2n) is 7.20. The fourth-order valence-corrected chi connectivity index (χ4v) is 2.18. The highest BCUT2D eigenvalue weighted by molar-refractivity contribution is 5.87. The van der Waals surface area contributed by atoms with Gasteiger partial charge in [-0.15, -0.1) is 0 Å². The van der Waals surface area contributed by atoms with Crippen molar-refractivity contribution in [2.24, 2.45) is 10.8 Å². The molecular formula is C19H25NO.